The summed E-state index contributed by atoms with van der Waals surface area (Å²) in [6.07, 6.45) is 3.87. The molecule has 0 spiro atoms. The molecule has 0 aromatic heterocycles. The monoisotopic (exact) mass is 222 g/mol. The second-order valence-electron chi connectivity index (χ2n) is 3.77. The van der Waals surface area contributed by atoms with Crippen LogP contribution >= 0.6 is 0 Å². The molecule has 16 heavy (non-hydrogen) atoms. The molecule has 2 aliphatic rings. The molecule has 1 saturated heterocycles. The first-order valence-corrected chi connectivity index (χ1v) is 5.56. The van der Waals surface area contributed by atoms with Crippen molar-refractivity contribution in [1.29, 1.82) is 0 Å². The molecule has 1 aliphatic carbocycles. The van der Waals surface area contributed by atoms with Crippen LogP contribution in [0.4, 0.5) is 4.79 Å². The Labute approximate surface area is 95.8 Å². The van der Waals surface area contributed by atoms with Gasteiger partial charge in [-0.15, -0.1) is 0 Å². The lowest BCUT2D eigenvalue weighted by Crippen LogP contribution is -2.58. The number of carbonyl (C=O) groups is 2. The molecule has 1 aliphatic heterocycles. The number of hydrogen-bond donors (Lipinski definition) is 2. The number of rotatable bonds is 0. The third kappa shape index (κ3) is 2.32. The first-order chi connectivity index (χ1) is 7.58. The molecule has 0 aromatic carbocycles. The van der Waals surface area contributed by atoms with E-state index < -0.39 is 6.03 Å². The lowest BCUT2D eigenvalue weighted by Gasteiger charge is -2.33. The number of hydrogen-bond acceptors (Lipinski definition) is 2. The summed E-state index contributed by atoms with van der Waals surface area (Å²) < 4.78 is 0. The van der Waals surface area contributed by atoms with E-state index >= 15 is 0 Å². The maximum Gasteiger partial charge on any atom is 0.321 e. The van der Waals surface area contributed by atoms with E-state index in [1.807, 2.05) is 39.8 Å². The van der Waals surface area contributed by atoms with E-state index in [2.05, 4.69) is 10.6 Å². The van der Waals surface area contributed by atoms with Gasteiger partial charge < -0.3 is 5.32 Å². The third-order valence-corrected chi connectivity index (χ3v) is 2.57. The van der Waals surface area contributed by atoms with Gasteiger partial charge in [0.15, 0.2) is 0 Å². The van der Waals surface area contributed by atoms with E-state index in [0.29, 0.717) is 0 Å². The van der Waals surface area contributed by atoms with Crippen LogP contribution in [0.15, 0.2) is 23.3 Å². The second-order valence-corrected chi connectivity index (χ2v) is 3.77. The Morgan fingerprint density at radius 1 is 1.19 bits per heavy atom. The van der Waals surface area contributed by atoms with E-state index in [9.17, 15) is 9.59 Å². The highest BCUT2D eigenvalue weighted by atomic mass is 16.2. The highest BCUT2D eigenvalue weighted by Crippen LogP contribution is 2.24. The van der Waals surface area contributed by atoms with Crippen LogP contribution in [0, 0.1) is 5.92 Å². The van der Waals surface area contributed by atoms with Gasteiger partial charge in [0.1, 0.15) is 0 Å². The molecule has 3 amide bonds. The minimum atomic E-state index is -0.406. The molecule has 0 bridgehead atoms. The molecule has 0 saturated carbocycles. The molecule has 0 aromatic rings. The summed E-state index contributed by atoms with van der Waals surface area (Å²) >= 11 is 0. The smallest absolute Gasteiger partial charge is 0.321 e. The van der Waals surface area contributed by atoms with Crippen LogP contribution in [0.1, 0.15) is 27.7 Å². The SMILES string of the molecule is CC.CC1=CC2C(=O)NC(=O)NC2C(C)=C1. The maximum absolute atomic E-state index is 11.5. The van der Waals surface area contributed by atoms with Crippen LogP contribution in [0.5, 0.6) is 0 Å². The number of urea groups is 1. The Balaban J connectivity index is 0.000000606. The minimum Gasteiger partial charge on any atom is -0.330 e. The second kappa shape index (κ2) is 4.96. The first kappa shape index (κ1) is 12.5. The molecule has 2 atom stereocenters. The normalized spacial score (nSPS) is 27.5. The Hall–Kier alpha value is -1.58. The molecule has 2 N–H and O–H groups in total. The van der Waals surface area contributed by atoms with Gasteiger partial charge in [0, 0.05) is 0 Å². The highest BCUT2D eigenvalue weighted by Gasteiger charge is 2.36. The van der Waals surface area contributed by atoms with Crippen molar-refractivity contribution in [1.82, 2.24) is 10.6 Å². The average Bonchev–Trinajstić information content (AvgIpc) is 2.23. The van der Waals surface area contributed by atoms with Crippen molar-refractivity contribution in [2.75, 3.05) is 0 Å². The minimum absolute atomic E-state index is 0.167. The lowest BCUT2D eigenvalue weighted by molar-refractivity contribution is -0.123. The molecular weight excluding hydrogens is 204 g/mol. The standard InChI is InChI=1S/C10H12N2O2.C2H6/c1-5-3-6(2)8-7(4-5)9(13)12-10(14)11-8;1-2/h3-4,7-8H,1-2H3,(H2,11,12,13,14);1-2H3. The first-order valence-electron chi connectivity index (χ1n) is 5.56. The molecule has 88 valence electrons. The summed E-state index contributed by atoms with van der Waals surface area (Å²) in [5.74, 6) is -0.469. The van der Waals surface area contributed by atoms with Crippen LogP contribution in [-0.4, -0.2) is 18.0 Å². The van der Waals surface area contributed by atoms with Crippen molar-refractivity contribution in [3.8, 4) is 0 Å². The van der Waals surface area contributed by atoms with Gasteiger partial charge >= 0.3 is 6.03 Å². The molecule has 1 heterocycles. The number of fused-ring (bicyclic) bond motifs is 1. The molecule has 4 nitrogen and oxygen atoms in total. The van der Waals surface area contributed by atoms with Gasteiger partial charge in [-0.1, -0.05) is 31.6 Å². The van der Waals surface area contributed by atoms with Gasteiger partial charge in [-0.3, -0.25) is 10.1 Å². The molecule has 4 heteroatoms. The number of nitrogens with one attached hydrogen (secondary N) is 2. The maximum atomic E-state index is 11.5. The van der Waals surface area contributed by atoms with E-state index in [0.717, 1.165) is 11.1 Å². The van der Waals surface area contributed by atoms with E-state index in [1.165, 1.54) is 0 Å². The molecular formula is C12H18N2O2. The highest BCUT2D eigenvalue weighted by molar-refractivity contribution is 6.00. The van der Waals surface area contributed by atoms with Crippen LogP contribution in [-0.2, 0) is 4.79 Å². The van der Waals surface area contributed by atoms with E-state index in [4.69, 9.17) is 0 Å². The van der Waals surface area contributed by atoms with Crippen LogP contribution in [0.25, 0.3) is 0 Å². The van der Waals surface area contributed by atoms with E-state index in [1.54, 1.807) is 0 Å². The van der Waals surface area contributed by atoms with Crippen molar-refractivity contribution in [2.24, 2.45) is 5.92 Å². The van der Waals surface area contributed by atoms with Gasteiger partial charge in [-0.2, -0.15) is 0 Å². The van der Waals surface area contributed by atoms with Crippen molar-refractivity contribution >= 4 is 11.9 Å². The average molecular weight is 222 g/mol. The van der Waals surface area contributed by atoms with E-state index in [-0.39, 0.29) is 17.9 Å². The van der Waals surface area contributed by atoms with Gasteiger partial charge in [0.25, 0.3) is 0 Å². The molecule has 1 fully saturated rings. The summed E-state index contributed by atoms with van der Waals surface area (Å²) in [6.45, 7) is 7.87. The van der Waals surface area contributed by atoms with Crippen LogP contribution in [0.3, 0.4) is 0 Å². The quantitative estimate of drug-likeness (QED) is 0.656. The van der Waals surface area contributed by atoms with Gasteiger partial charge in [-0.05, 0) is 19.4 Å². The predicted octanol–water partition coefficient (Wildman–Crippen LogP) is 1.74. The molecule has 2 rings (SSSR count). The largest absolute Gasteiger partial charge is 0.330 e. The summed E-state index contributed by atoms with van der Waals surface area (Å²) in [4.78, 5) is 22.6. The third-order valence-electron chi connectivity index (χ3n) is 2.57. The van der Waals surface area contributed by atoms with Gasteiger partial charge in [-0.25, -0.2) is 4.79 Å². The fraction of sp³-hybridized carbons (Fsp3) is 0.500. The number of allylic oxidation sites excluding steroid dienone is 2. The summed E-state index contributed by atoms with van der Waals surface area (Å²) in [5, 5.41) is 4.99. The summed E-state index contributed by atoms with van der Waals surface area (Å²) in [5.41, 5.74) is 2.09. The summed E-state index contributed by atoms with van der Waals surface area (Å²) in [7, 11) is 0. The van der Waals surface area contributed by atoms with Crippen molar-refractivity contribution in [2.45, 2.75) is 33.7 Å². The fourth-order valence-corrected chi connectivity index (χ4v) is 1.96. The fourth-order valence-electron chi connectivity index (χ4n) is 1.96. The van der Waals surface area contributed by atoms with Crippen molar-refractivity contribution in [3.63, 3.8) is 0 Å². The Bertz CT molecular complexity index is 369. The number of carbonyl (C=O) groups excluding carboxylic acids is 2. The zero-order valence-corrected chi connectivity index (χ0v) is 10.1. The van der Waals surface area contributed by atoms with Crippen LogP contribution < -0.4 is 10.6 Å². The zero-order valence-electron chi connectivity index (χ0n) is 10.1. The van der Waals surface area contributed by atoms with Crippen LogP contribution in [0.2, 0.25) is 0 Å². The topological polar surface area (TPSA) is 58.2 Å². The Morgan fingerprint density at radius 2 is 1.81 bits per heavy atom. The zero-order chi connectivity index (χ0) is 12.3. The predicted molar refractivity (Wildman–Crippen MR) is 62.8 cm³/mol. The molecule has 2 unspecified atom stereocenters. The van der Waals surface area contributed by atoms with Gasteiger partial charge in [0.2, 0.25) is 5.91 Å². The van der Waals surface area contributed by atoms with Gasteiger partial charge in [0.05, 0.1) is 12.0 Å². The lowest BCUT2D eigenvalue weighted by atomic mass is 9.85. The number of imide groups is 1. The van der Waals surface area contributed by atoms with Crippen molar-refractivity contribution < 1.29 is 9.59 Å². The Morgan fingerprint density at radius 3 is 2.44 bits per heavy atom. The van der Waals surface area contributed by atoms with Crippen molar-refractivity contribution in [3.05, 3.63) is 23.3 Å². The summed E-state index contributed by atoms with van der Waals surface area (Å²) in [6, 6.07) is -0.572. The molecule has 0 radical (unpaired) electrons. The Kier molecular flexibility index (Phi) is 3.88. The number of amides is 3.